The highest BCUT2D eigenvalue weighted by Gasteiger charge is 2.28. The molecule has 1 aromatic rings. The van der Waals surface area contributed by atoms with Gasteiger partial charge in [0.25, 0.3) is 0 Å². The first-order chi connectivity index (χ1) is 7.20. The Hall–Kier alpha value is -1.15. The molecule has 2 nitrogen and oxygen atoms in total. The van der Waals surface area contributed by atoms with E-state index in [4.69, 9.17) is 0 Å². The SMILES string of the molecule is CC(=O)c1ccccc1C(O)C1CCC1. The first kappa shape index (κ1) is 10.4. The van der Waals surface area contributed by atoms with Crippen molar-refractivity contribution in [1.29, 1.82) is 0 Å². The highest BCUT2D eigenvalue weighted by molar-refractivity contribution is 5.95. The second kappa shape index (κ2) is 4.15. The number of hydrogen-bond acceptors (Lipinski definition) is 2. The molecule has 15 heavy (non-hydrogen) atoms. The van der Waals surface area contributed by atoms with E-state index in [1.54, 1.807) is 13.0 Å². The van der Waals surface area contributed by atoms with Gasteiger partial charge in [0.1, 0.15) is 0 Å². The maximum atomic E-state index is 11.4. The van der Waals surface area contributed by atoms with Crippen LogP contribution >= 0.6 is 0 Å². The molecule has 2 heteroatoms. The van der Waals surface area contributed by atoms with Crippen molar-refractivity contribution in [2.75, 3.05) is 0 Å². The van der Waals surface area contributed by atoms with E-state index in [0.29, 0.717) is 11.5 Å². The quantitative estimate of drug-likeness (QED) is 0.769. The molecule has 1 N–H and O–H groups in total. The molecule has 2 rings (SSSR count). The summed E-state index contributed by atoms with van der Waals surface area (Å²) in [7, 11) is 0. The molecule has 0 aromatic heterocycles. The molecule has 1 saturated carbocycles. The lowest BCUT2D eigenvalue weighted by atomic mass is 9.77. The highest BCUT2D eigenvalue weighted by atomic mass is 16.3. The van der Waals surface area contributed by atoms with Crippen LogP contribution in [0, 0.1) is 5.92 Å². The first-order valence-corrected chi connectivity index (χ1v) is 5.48. The van der Waals surface area contributed by atoms with E-state index in [0.717, 1.165) is 18.4 Å². The van der Waals surface area contributed by atoms with Crippen molar-refractivity contribution in [3.63, 3.8) is 0 Å². The fraction of sp³-hybridized carbons (Fsp3) is 0.462. The van der Waals surface area contributed by atoms with Gasteiger partial charge in [0.15, 0.2) is 5.78 Å². The Morgan fingerprint density at radius 1 is 1.40 bits per heavy atom. The number of Topliss-reactive ketones (excluding diaryl/α,β-unsaturated/α-hetero) is 1. The number of aliphatic hydroxyl groups is 1. The molecule has 1 atom stereocenters. The zero-order chi connectivity index (χ0) is 10.8. The van der Waals surface area contributed by atoms with E-state index in [-0.39, 0.29) is 5.78 Å². The van der Waals surface area contributed by atoms with Crippen molar-refractivity contribution >= 4 is 5.78 Å². The summed E-state index contributed by atoms with van der Waals surface area (Å²) in [5.41, 5.74) is 1.46. The van der Waals surface area contributed by atoms with Gasteiger partial charge in [0.05, 0.1) is 6.10 Å². The Balaban J connectivity index is 2.29. The van der Waals surface area contributed by atoms with Crippen LogP contribution in [-0.4, -0.2) is 10.9 Å². The molecule has 0 bridgehead atoms. The van der Waals surface area contributed by atoms with Crippen LogP contribution in [-0.2, 0) is 0 Å². The Morgan fingerprint density at radius 2 is 2.07 bits per heavy atom. The molecule has 0 amide bonds. The topological polar surface area (TPSA) is 37.3 Å². The Kier molecular flexibility index (Phi) is 2.87. The van der Waals surface area contributed by atoms with Crippen LogP contribution in [0.1, 0.15) is 48.2 Å². The van der Waals surface area contributed by atoms with Crippen LogP contribution in [0.3, 0.4) is 0 Å². The van der Waals surface area contributed by atoms with Crippen molar-refractivity contribution in [2.24, 2.45) is 5.92 Å². The molecule has 0 saturated heterocycles. The Labute approximate surface area is 89.9 Å². The van der Waals surface area contributed by atoms with Crippen molar-refractivity contribution in [3.05, 3.63) is 35.4 Å². The van der Waals surface area contributed by atoms with E-state index in [2.05, 4.69) is 0 Å². The van der Waals surface area contributed by atoms with Gasteiger partial charge in [-0.05, 0) is 31.2 Å². The molecule has 1 fully saturated rings. The van der Waals surface area contributed by atoms with Crippen LogP contribution in [0.2, 0.25) is 0 Å². The molecule has 0 radical (unpaired) electrons. The van der Waals surface area contributed by atoms with E-state index in [9.17, 15) is 9.90 Å². The van der Waals surface area contributed by atoms with Crippen molar-refractivity contribution in [2.45, 2.75) is 32.3 Å². The van der Waals surface area contributed by atoms with Gasteiger partial charge in [-0.3, -0.25) is 4.79 Å². The number of benzene rings is 1. The molecule has 1 unspecified atom stereocenters. The second-order valence-corrected chi connectivity index (χ2v) is 4.28. The van der Waals surface area contributed by atoms with E-state index in [1.165, 1.54) is 6.42 Å². The predicted octanol–water partition coefficient (Wildman–Crippen LogP) is 2.72. The zero-order valence-corrected chi connectivity index (χ0v) is 8.94. The lowest BCUT2D eigenvalue weighted by Crippen LogP contribution is -2.21. The standard InChI is InChI=1S/C13H16O2/c1-9(14)11-7-2-3-8-12(11)13(15)10-5-4-6-10/h2-3,7-8,10,13,15H,4-6H2,1H3. The smallest absolute Gasteiger partial charge is 0.160 e. The van der Waals surface area contributed by atoms with Gasteiger partial charge in [-0.15, -0.1) is 0 Å². The monoisotopic (exact) mass is 204 g/mol. The zero-order valence-electron chi connectivity index (χ0n) is 8.94. The lowest BCUT2D eigenvalue weighted by molar-refractivity contribution is 0.0608. The average Bonchev–Trinajstić information content (AvgIpc) is 2.15. The molecular formula is C13H16O2. The molecule has 0 spiro atoms. The third-order valence-electron chi connectivity index (χ3n) is 3.26. The van der Waals surface area contributed by atoms with E-state index >= 15 is 0 Å². The maximum absolute atomic E-state index is 11.4. The summed E-state index contributed by atoms with van der Waals surface area (Å²) in [4.78, 5) is 11.4. The van der Waals surface area contributed by atoms with Crippen LogP contribution in [0.15, 0.2) is 24.3 Å². The summed E-state index contributed by atoms with van der Waals surface area (Å²) in [6.45, 7) is 1.55. The second-order valence-electron chi connectivity index (χ2n) is 4.28. The molecule has 0 heterocycles. The van der Waals surface area contributed by atoms with Crippen LogP contribution < -0.4 is 0 Å². The van der Waals surface area contributed by atoms with Crippen LogP contribution in [0.4, 0.5) is 0 Å². The summed E-state index contributed by atoms with van der Waals surface area (Å²) >= 11 is 0. The van der Waals surface area contributed by atoms with Gasteiger partial charge in [-0.25, -0.2) is 0 Å². The minimum absolute atomic E-state index is 0.0315. The number of carbonyl (C=O) groups is 1. The van der Waals surface area contributed by atoms with Crippen LogP contribution in [0.5, 0.6) is 0 Å². The van der Waals surface area contributed by atoms with E-state index < -0.39 is 6.10 Å². The normalized spacial score (nSPS) is 18.3. The summed E-state index contributed by atoms with van der Waals surface area (Å²) < 4.78 is 0. The Morgan fingerprint density at radius 3 is 2.60 bits per heavy atom. The Bertz CT molecular complexity index is 367. The molecule has 1 aliphatic carbocycles. The maximum Gasteiger partial charge on any atom is 0.160 e. The first-order valence-electron chi connectivity index (χ1n) is 5.48. The molecule has 0 aliphatic heterocycles. The largest absolute Gasteiger partial charge is 0.388 e. The lowest BCUT2D eigenvalue weighted by Gasteiger charge is -2.31. The number of rotatable bonds is 3. The van der Waals surface area contributed by atoms with Crippen molar-refractivity contribution in [1.82, 2.24) is 0 Å². The average molecular weight is 204 g/mol. The number of aliphatic hydroxyl groups excluding tert-OH is 1. The number of carbonyl (C=O) groups excluding carboxylic acids is 1. The van der Waals surface area contributed by atoms with Gasteiger partial charge in [-0.2, -0.15) is 0 Å². The highest BCUT2D eigenvalue weighted by Crippen LogP contribution is 2.38. The van der Waals surface area contributed by atoms with Gasteiger partial charge >= 0.3 is 0 Å². The minimum Gasteiger partial charge on any atom is -0.388 e. The summed E-state index contributed by atoms with van der Waals surface area (Å²) in [5.74, 6) is 0.384. The molecule has 1 aromatic carbocycles. The fourth-order valence-electron chi connectivity index (χ4n) is 2.09. The predicted molar refractivity (Wildman–Crippen MR) is 58.7 cm³/mol. The fourth-order valence-corrected chi connectivity index (χ4v) is 2.09. The summed E-state index contributed by atoms with van der Waals surface area (Å²) in [6, 6.07) is 7.37. The van der Waals surface area contributed by atoms with Gasteiger partial charge in [0.2, 0.25) is 0 Å². The van der Waals surface area contributed by atoms with Gasteiger partial charge < -0.3 is 5.11 Å². The van der Waals surface area contributed by atoms with E-state index in [1.807, 2.05) is 18.2 Å². The molecule has 1 aliphatic rings. The third-order valence-corrected chi connectivity index (χ3v) is 3.26. The van der Waals surface area contributed by atoms with Crippen molar-refractivity contribution in [3.8, 4) is 0 Å². The number of hydrogen-bond donors (Lipinski definition) is 1. The number of ketones is 1. The van der Waals surface area contributed by atoms with Crippen LogP contribution in [0.25, 0.3) is 0 Å². The summed E-state index contributed by atoms with van der Waals surface area (Å²) in [6.07, 6.45) is 2.89. The van der Waals surface area contributed by atoms with Gasteiger partial charge in [-0.1, -0.05) is 30.7 Å². The van der Waals surface area contributed by atoms with Gasteiger partial charge in [0, 0.05) is 5.56 Å². The third kappa shape index (κ3) is 1.95. The molecule has 80 valence electrons. The van der Waals surface area contributed by atoms with Crippen molar-refractivity contribution < 1.29 is 9.90 Å². The summed E-state index contributed by atoms with van der Waals surface area (Å²) in [5, 5.41) is 10.1. The molecular weight excluding hydrogens is 188 g/mol. The minimum atomic E-state index is -0.459.